The summed E-state index contributed by atoms with van der Waals surface area (Å²) >= 11 is 0. The second-order valence-corrected chi connectivity index (χ2v) is 3.83. The van der Waals surface area contributed by atoms with Gasteiger partial charge in [-0.15, -0.1) is 5.10 Å². The van der Waals surface area contributed by atoms with Gasteiger partial charge in [0.1, 0.15) is 0 Å². The first-order valence-electron chi connectivity index (χ1n) is 5.96. The van der Waals surface area contributed by atoms with E-state index in [1.165, 1.54) is 0 Å². The van der Waals surface area contributed by atoms with E-state index in [1.54, 1.807) is 10.9 Å². The Morgan fingerprint density at radius 2 is 2.12 bits per heavy atom. The van der Waals surface area contributed by atoms with Crippen LogP contribution >= 0.6 is 0 Å². The van der Waals surface area contributed by atoms with E-state index in [2.05, 4.69) is 29.5 Å². The maximum atomic E-state index is 11.6. The van der Waals surface area contributed by atoms with Crippen molar-refractivity contribution >= 4 is 5.91 Å². The molecule has 0 fully saturated rings. The van der Waals surface area contributed by atoms with Crippen molar-refractivity contribution in [2.75, 3.05) is 6.54 Å². The van der Waals surface area contributed by atoms with E-state index in [9.17, 15) is 4.79 Å². The Morgan fingerprint density at radius 1 is 1.38 bits per heavy atom. The average Bonchev–Trinajstić information content (AvgIpc) is 2.75. The Bertz CT molecular complexity index is 322. The lowest BCUT2D eigenvalue weighted by Gasteiger charge is -1.99. The second-order valence-electron chi connectivity index (χ2n) is 3.83. The summed E-state index contributed by atoms with van der Waals surface area (Å²) in [6, 6.07) is 0. The Kier molecular flexibility index (Phi) is 5.53. The molecular formula is C11H20N4O. The predicted octanol–water partition coefficient (Wildman–Crippen LogP) is 1.61. The molecule has 0 saturated heterocycles. The van der Waals surface area contributed by atoms with Gasteiger partial charge in [0.25, 0.3) is 5.91 Å². The van der Waals surface area contributed by atoms with Crippen molar-refractivity contribution in [1.29, 1.82) is 0 Å². The van der Waals surface area contributed by atoms with Crippen molar-refractivity contribution in [2.24, 2.45) is 0 Å². The number of aromatic nitrogens is 3. The molecule has 5 nitrogen and oxygen atoms in total. The zero-order valence-electron chi connectivity index (χ0n) is 10.1. The fraction of sp³-hybridized carbons (Fsp3) is 0.727. The molecule has 0 unspecified atom stereocenters. The third kappa shape index (κ3) is 4.00. The maximum Gasteiger partial charge on any atom is 0.273 e. The molecule has 1 rings (SSSR count). The number of hydrogen-bond acceptors (Lipinski definition) is 3. The predicted molar refractivity (Wildman–Crippen MR) is 62.2 cm³/mol. The highest BCUT2D eigenvalue weighted by Crippen LogP contribution is 1.97. The van der Waals surface area contributed by atoms with Gasteiger partial charge < -0.3 is 5.32 Å². The van der Waals surface area contributed by atoms with E-state index in [0.29, 0.717) is 12.2 Å². The van der Waals surface area contributed by atoms with Crippen molar-refractivity contribution in [3.8, 4) is 0 Å². The molecule has 1 aromatic rings. The zero-order valence-corrected chi connectivity index (χ0v) is 10.1. The molecule has 0 aliphatic carbocycles. The SMILES string of the molecule is CCCCNC(=O)c1cn(CCCC)nn1. The van der Waals surface area contributed by atoms with Crippen molar-refractivity contribution < 1.29 is 4.79 Å². The van der Waals surface area contributed by atoms with Crippen LogP contribution in [0.4, 0.5) is 0 Å². The monoisotopic (exact) mass is 224 g/mol. The van der Waals surface area contributed by atoms with E-state index in [-0.39, 0.29) is 5.91 Å². The minimum absolute atomic E-state index is 0.129. The Morgan fingerprint density at radius 3 is 2.81 bits per heavy atom. The van der Waals surface area contributed by atoms with Gasteiger partial charge in [-0.25, -0.2) is 0 Å². The lowest BCUT2D eigenvalue weighted by atomic mass is 10.3. The largest absolute Gasteiger partial charge is 0.351 e. The normalized spacial score (nSPS) is 10.4. The highest BCUT2D eigenvalue weighted by atomic mass is 16.1. The molecule has 1 heterocycles. The molecule has 0 spiro atoms. The van der Waals surface area contributed by atoms with E-state index in [4.69, 9.17) is 0 Å². The van der Waals surface area contributed by atoms with Crippen LogP contribution in [0.1, 0.15) is 50.0 Å². The van der Waals surface area contributed by atoms with E-state index < -0.39 is 0 Å². The van der Waals surface area contributed by atoms with Gasteiger partial charge in [0.2, 0.25) is 0 Å². The Balaban J connectivity index is 2.40. The maximum absolute atomic E-state index is 11.6. The molecule has 0 atom stereocenters. The van der Waals surface area contributed by atoms with Gasteiger partial charge in [-0.05, 0) is 12.8 Å². The zero-order chi connectivity index (χ0) is 11.8. The first-order chi connectivity index (χ1) is 7.77. The van der Waals surface area contributed by atoms with E-state index in [0.717, 1.165) is 32.2 Å². The quantitative estimate of drug-likeness (QED) is 0.716. The van der Waals surface area contributed by atoms with Gasteiger partial charge in [-0.3, -0.25) is 9.48 Å². The minimum Gasteiger partial charge on any atom is -0.351 e. The van der Waals surface area contributed by atoms with Gasteiger partial charge in [0.05, 0.1) is 6.20 Å². The van der Waals surface area contributed by atoms with Gasteiger partial charge >= 0.3 is 0 Å². The smallest absolute Gasteiger partial charge is 0.273 e. The molecule has 0 aromatic carbocycles. The lowest BCUT2D eigenvalue weighted by Crippen LogP contribution is -2.24. The molecule has 0 aliphatic rings. The number of carbonyl (C=O) groups is 1. The average molecular weight is 224 g/mol. The molecule has 1 aromatic heterocycles. The second kappa shape index (κ2) is 6.98. The minimum atomic E-state index is -0.129. The van der Waals surface area contributed by atoms with E-state index in [1.807, 2.05) is 0 Å². The Labute approximate surface area is 96.2 Å². The first kappa shape index (κ1) is 12.7. The van der Waals surface area contributed by atoms with Crippen LogP contribution in [0.15, 0.2) is 6.20 Å². The van der Waals surface area contributed by atoms with Crippen LogP contribution in [-0.4, -0.2) is 27.4 Å². The summed E-state index contributed by atoms with van der Waals surface area (Å²) in [5, 5.41) is 10.6. The molecule has 5 heteroatoms. The van der Waals surface area contributed by atoms with Gasteiger partial charge in [-0.2, -0.15) is 0 Å². The van der Waals surface area contributed by atoms with Crippen LogP contribution in [-0.2, 0) is 6.54 Å². The van der Waals surface area contributed by atoms with Gasteiger partial charge in [0.15, 0.2) is 5.69 Å². The van der Waals surface area contributed by atoms with Gasteiger partial charge in [0, 0.05) is 13.1 Å². The fourth-order valence-electron chi connectivity index (χ4n) is 1.30. The highest BCUT2D eigenvalue weighted by Gasteiger charge is 2.09. The highest BCUT2D eigenvalue weighted by molar-refractivity contribution is 5.91. The number of carbonyl (C=O) groups excluding carboxylic acids is 1. The molecule has 90 valence electrons. The van der Waals surface area contributed by atoms with Crippen molar-refractivity contribution in [3.05, 3.63) is 11.9 Å². The summed E-state index contributed by atoms with van der Waals surface area (Å²) in [4.78, 5) is 11.6. The van der Waals surface area contributed by atoms with Crippen LogP contribution in [0.3, 0.4) is 0 Å². The first-order valence-corrected chi connectivity index (χ1v) is 5.96. The van der Waals surface area contributed by atoms with Crippen LogP contribution in [0.25, 0.3) is 0 Å². The number of nitrogens with zero attached hydrogens (tertiary/aromatic N) is 3. The summed E-state index contributed by atoms with van der Waals surface area (Å²) in [5.41, 5.74) is 0.409. The van der Waals surface area contributed by atoms with Crippen LogP contribution in [0, 0.1) is 0 Å². The molecule has 16 heavy (non-hydrogen) atoms. The number of nitrogens with one attached hydrogen (secondary N) is 1. The molecule has 0 radical (unpaired) electrons. The van der Waals surface area contributed by atoms with Crippen LogP contribution in [0.5, 0.6) is 0 Å². The summed E-state index contributed by atoms with van der Waals surface area (Å²) in [5.74, 6) is -0.129. The van der Waals surface area contributed by atoms with Crippen LogP contribution in [0.2, 0.25) is 0 Å². The fourth-order valence-corrected chi connectivity index (χ4v) is 1.30. The molecule has 0 saturated carbocycles. The Hall–Kier alpha value is -1.39. The standard InChI is InChI=1S/C11H20N4O/c1-3-5-7-12-11(16)10-9-15(14-13-10)8-6-4-2/h9H,3-8H2,1-2H3,(H,12,16). The lowest BCUT2D eigenvalue weighted by molar-refractivity contribution is 0.0948. The third-order valence-corrected chi connectivity index (χ3v) is 2.33. The number of amides is 1. The van der Waals surface area contributed by atoms with Crippen LogP contribution < -0.4 is 5.32 Å². The van der Waals surface area contributed by atoms with Gasteiger partial charge in [-0.1, -0.05) is 31.9 Å². The summed E-state index contributed by atoms with van der Waals surface area (Å²) in [7, 11) is 0. The summed E-state index contributed by atoms with van der Waals surface area (Å²) < 4.78 is 1.72. The van der Waals surface area contributed by atoms with Crippen molar-refractivity contribution in [1.82, 2.24) is 20.3 Å². The summed E-state index contributed by atoms with van der Waals surface area (Å²) in [6.45, 7) is 5.74. The van der Waals surface area contributed by atoms with Crippen molar-refractivity contribution in [2.45, 2.75) is 46.1 Å². The molecular weight excluding hydrogens is 204 g/mol. The number of hydrogen-bond donors (Lipinski definition) is 1. The van der Waals surface area contributed by atoms with E-state index >= 15 is 0 Å². The number of unbranched alkanes of at least 4 members (excludes halogenated alkanes) is 2. The molecule has 1 N–H and O–H groups in total. The third-order valence-electron chi connectivity index (χ3n) is 2.33. The number of rotatable bonds is 7. The topological polar surface area (TPSA) is 59.8 Å². The molecule has 1 amide bonds. The van der Waals surface area contributed by atoms with Crippen molar-refractivity contribution in [3.63, 3.8) is 0 Å². The molecule has 0 bridgehead atoms. The summed E-state index contributed by atoms with van der Waals surface area (Å²) in [6.07, 6.45) is 5.94. The molecule has 0 aliphatic heterocycles. The number of aryl methyl sites for hydroxylation is 1.